The Hall–Kier alpha value is -0.220. The highest BCUT2D eigenvalue weighted by molar-refractivity contribution is 7.99. The van der Waals surface area contributed by atoms with Crippen molar-refractivity contribution in [1.82, 2.24) is 4.90 Å². The summed E-state index contributed by atoms with van der Waals surface area (Å²) < 4.78 is 0. The molecular weight excluding hydrogens is 186 g/mol. The van der Waals surface area contributed by atoms with E-state index in [-0.39, 0.29) is 12.5 Å². The molecule has 2 atom stereocenters. The Balaban J connectivity index is 2.50. The number of nitrogens with zero attached hydrogens (tertiary/aromatic N) is 1. The number of carbonyl (C=O) groups is 1. The van der Waals surface area contributed by atoms with E-state index in [0.29, 0.717) is 5.92 Å². The van der Waals surface area contributed by atoms with Crippen LogP contribution >= 0.6 is 11.8 Å². The van der Waals surface area contributed by atoms with Gasteiger partial charge >= 0.3 is 5.97 Å². The fourth-order valence-electron chi connectivity index (χ4n) is 1.81. The molecule has 1 fully saturated rings. The zero-order valence-corrected chi connectivity index (χ0v) is 9.01. The van der Waals surface area contributed by atoms with Gasteiger partial charge < -0.3 is 10.0 Å². The lowest BCUT2D eigenvalue weighted by Gasteiger charge is -2.27. The summed E-state index contributed by atoms with van der Waals surface area (Å²) in [6.45, 7) is 0. The molecule has 1 saturated heterocycles. The first-order chi connectivity index (χ1) is 6.11. The van der Waals surface area contributed by atoms with Gasteiger partial charge in [0.2, 0.25) is 0 Å². The summed E-state index contributed by atoms with van der Waals surface area (Å²) >= 11 is 1.94. The smallest absolute Gasteiger partial charge is 0.304 e. The van der Waals surface area contributed by atoms with Crippen LogP contribution < -0.4 is 0 Å². The van der Waals surface area contributed by atoms with Crippen molar-refractivity contribution >= 4 is 17.7 Å². The number of carboxylic acids is 1. The number of carboxylic acid groups (broad SMARTS) is 1. The standard InChI is InChI=1S/C9H17NO2S/c1-10(2)8(5-9(11)12)7-3-4-13-6-7/h7-8H,3-6H2,1-2H3,(H,11,12). The fourth-order valence-corrected chi connectivity index (χ4v) is 3.13. The minimum absolute atomic E-state index is 0.215. The molecule has 0 aromatic rings. The summed E-state index contributed by atoms with van der Waals surface area (Å²) in [5.74, 6) is 2.19. The molecule has 2 unspecified atom stereocenters. The molecule has 1 aliphatic heterocycles. The van der Waals surface area contributed by atoms with Crippen molar-refractivity contribution in [3.8, 4) is 0 Å². The van der Waals surface area contributed by atoms with Crippen LogP contribution in [0.5, 0.6) is 0 Å². The Morgan fingerprint density at radius 2 is 2.38 bits per heavy atom. The van der Waals surface area contributed by atoms with Crippen molar-refractivity contribution in [3.05, 3.63) is 0 Å². The first kappa shape index (κ1) is 10.9. The van der Waals surface area contributed by atoms with Crippen molar-refractivity contribution in [3.63, 3.8) is 0 Å². The minimum Gasteiger partial charge on any atom is -0.481 e. The Kier molecular flexibility index (Phi) is 4.06. The number of rotatable bonds is 4. The Morgan fingerprint density at radius 1 is 1.69 bits per heavy atom. The van der Waals surface area contributed by atoms with E-state index >= 15 is 0 Å². The van der Waals surface area contributed by atoms with Crippen molar-refractivity contribution in [1.29, 1.82) is 0 Å². The first-order valence-corrected chi connectivity index (χ1v) is 5.72. The lowest BCUT2D eigenvalue weighted by Crippen LogP contribution is -2.37. The van der Waals surface area contributed by atoms with Crippen LogP contribution in [-0.2, 0) is 4.79 Å². The summed E-state index contributed by atoms with van der Waals surface area (Å²) in [5.41, 5.74) is 0. The SMILES string of the molecule is CN(C)C(CC(=O)O)C1CCSC1. The van der Waals surface area contributed by atoms with E-state index in [1.165, 1.54) is 12.2 Å². The van der Waals surface area contributed by atoms with E-state index < -0.39 is 5.97 Å². The summed E-state index contributed by atoms with van der Waals surface area (Å²) in [4.78, 5) is 12.7. The Bertz CT molecular complexity index is 178. The molecule has 0 saturated carbocycles. The van der Waals surface area contributed by atoms with Crippen molar-refractivity contribution in [2.24, 2.45) is 5.92 Å². The monoisotopic (exact) mass is 203 g/mol. The van der Waals surface area contributed by atoms with Crippen molar-refractivity contribution in [2.75, 3.05) is 25.6 Å². The molecule has 0 radical (unpaired) electrons. The maximum absolute atomic E-state index is 10.6. The van der Waals surface area contributed by atoms with Crippen molar-refractivity contribution in [2.45, 2.75) is 18.9 Å². The van der Waals surface area contributed by atoms with E-state index in [4.69, 9.17) is 5.11 Å². The normalized spacial score (nSPS) is 25.0. The van der Waals surface area contributed by atoms with Crippen LogP contribution in [-0.4, -0.2) is 47.6 Å². The molecule has 1 heterocycles. The molecule has 0 spiro atoms. The van der Waals surface area contributed by atoms with Gasteiger partial charge in [0.1, 0.15) is 0 Å². The molecule has 0 aromatic carbocycles. The molecule has 1 aliphatic rings. The lowest BCUT2D eigenvalue weighted by molar-refractivity contribution is -0.138. The number of hydrogen-bond donors (Lipinski definition) is 1. The summed E-state index contributed by atoms with van der Waals surface area (Å²) in [6.07, 6.45) is 1.44. The third kappa shape index (κ3) is 3.19. The first-order valence-electron chi connectivity index (χ1n) is 4.57. The van der Waals surface area contributed by atoms with Crippen LogP contribution in [0.3, 0.4) is 0 Å². The molecule has 0 aromatic heterocycles. The van der Waals surface area contributed by atoms with Gasteiger partial charge in [0.05, 0.1) is 6.42 Å². The molecule has 3 nitrogen and oxygen atoms in total. The number of aliphatic carboxylic acids is 1. The fraction of sp³-hybridized carbons (Fsp3) is 0.889. The highest BCUT2D eigenvalue weighted by Crippen LogP contribution is 2.29. The van der Waals surface area contributed by atoms with Crippen LogP contribution in [0.2, 0.25) is 0 Å². The molecule has 4 heteroatoms. The number of hydrogen-bond acceptors (Lipinski definition) is 3. The van der Waals surface area contributed by atoms with Crippen LogP contribution in [0.1, 0.15) is 12.8 Å². The summed E-state index contributed by atoms with van der Waals surface area (Å²) in [7, 11) is 3.94. The second kappa shape index (κ2) is 4.86. The maximum Gasteiger partial charge on any atom is 0.304 e. The molecule has 1 rings (SSSR count). The van der Waals surface area contributed by atoms with E-state index in [1.807, 2.05) is 30.8 Å². The van der Waals surface area contributed by atoms with Gasteiger partial charge in [0.15, 0.2) is 0 Å². The van der Waals surface area contributed by atoms with Gasteiger partial charge in [0.25, 0.3) is 0 Å². The molecule has 1 N–H and O–H groups in total. The van der Waals surface area contributed by atoms with E-state index in [2.05, 4.69) is 0 Å². The number of thioether (sulfide) groups is 1. The van der Waals surface area contributed by atoms with E-state index in [9.17, 15) is 4.79 Å². The summed E-state index contributed by atoms with van der Waals surface area (Å²) in [5, 5.41) is 8.76. The van der Waals surface area contributed by atoms with Gasteiger partial charge in [0, 0.05) is 6.04 Å². The largest absolute Gasteiger partial charge is 0.481 e. The van der Waals surface area contributed by atoms with E-state index in [1.54, 1.807) is 0 Å². The average Bonchev–Trinajstić information content (AvgIpc) is 2.50. The molecule has 0 bridgehead atoms. The topological polar surface area (TPSA) is 40.5 Å². The highest BCUT2D eigenvalue weighted by Gasteiger charge is 2.28. The van der Waals surface area contributed by atoms with Crippen LogP contribution in [0.25, 0.3) is 0 Å². The highest BCUT2D eigenvalue weighted by atomic mass is 32.2. The van der Waals surface area contributed by atoms with Gasteiger partial charge in [-0.3, -0.25) is 4.79 Å². The third-order valence-electron chi connectivity index (χ3n) is 2.56. The second-order valence-corrected chi connectivity index (χ2v) is 4.90. The van der Waals surface area contributed by atoms with E-state index in [0.717, 1.165) is 5.75 Å². The molecular formula is C9H17NO2S. The van der Waals surface area contributed by atoms with Gasteiger partial charge in [-0.1, -0.05) is 0 Å². The third-order valence-corrected chi connectivity index (χ3v) is 3.74. The average molecular weight is 203 g/mol. The van der Waals surface area contributed by atoms with Crippen molar-refractivity contribution < 1.29 is 9.90 Å². The molecule has 0 aliphatic carbocycles. The van der Waals surface area contributed by atoms with Gasteiger partial charge in [-0.2, -0.15) is 11.8 Å². The maximum atomic E-state index is 10.6. The van der Waals surface area contributed by atoms with Gasteiger partial charge in [-0.25, -0.2) is 0 Å². The zero-order valence-electron chi connectivity index (χ0n) is 8.19. The quantitative estimate of drug-likeness (QED) is 0.744. The predicted octanol–water partition coefficient (Wildman–Crippen LogP) is 1.14. The van der Waals surface area contributed by atoms with Gasteiger partial charge in [-0.05, 0) is 37.9 Å². The molecule has 0 amide bonds. The Labute approximate surface area is 83.5 Å². The predicted molar refractivity (Wildman–Crippen MR) is 55.2 cm³/mol. The lowest BCUT2D eigenvalue weighted by atomic mass is 9.95. The zero-order chi connectivity index (χ0) is 9.84. The van der Waals surface area contributed by atoms with Crippen LogP contribution in [0, 0.1) is 5.92 Å². The molecule has 76 valence electrons. The molecule has 13 heavy (non-hydrogen) atoms. The van der Waals surface area contributed by atoms with Crippen LogP contribution in [0.15, 0.2) is 0 Å². The summed E-state index contributed by atoms with van der Waals surface area (Å²) in [6, 6.07) is 0.215. The Morgan fingerprint density at radius 3 is 2.77 bits per heavy atom. The van der Waals surface area contributed by atoms with Gasteiger partial charge in [-0.15, -0.1) is 0 Å². The van der Waals surface area contributed by atoms with Crippen LogP contribution in [0.4, 0.5) is 0 Å². The minimum atomic E-state index is -0.685. The second-order valence-electron chi connectivity index (χ2n) is 3.75.